The van der Waals surface area contributed by atoms with Crippen molar-refractivity contribution in [3.8, 4) is 0 Å². The third kappa shape index (κ3) is 4.51. The second-order valence-corrected chi connectivity index (χ2v) is 4.59. The molecule has 2 aromatic rings. The van der Waals surface area contributed by atoms with Gasteiger partial charge in [-0.3, -0.25) is 9.59 Å². The van der Waals surface area contributed by atoms with Gasteiger partial charge in [0.25, 0.3) is 5.91 Å². The van der Waals surface area contributed by atoms with Crippen molar-refractivity contribution in [1.29, 1.82) is 0 Å². The lowest BCUT2D eigenvalue weighted by molar-refractivity contribution is -0.150. The van der Waals surface area contributed by atoms with E-state index in [2.05, 4.69) is 9.72 Å². The number of H-pyrrole nitrogens is 1. The highest BCUT2D eigenvalue weighted by molar-refractivity contribution is 5.88. The zero-order chi connectivity index (χ0) is 16.2. The average Bonchev–Trinajstić information content (AvgIpc) is 2.85. The van der Waals surface area contributed by atoms with Crippen molar-refractivity contribution >= 4 is 22.8 Å². The molecule has 1 aromatic heterocycles. The van der Waals surface area contributed by atoms with Gasteiger partial charge in [-0.05, 0) is 11.6 Å². The number of carbonyl (C=O) groups excluding carboxylic acids is 2. The Kier molecular flexibility index (Phi) is 4.69. The number of rotatable bonds is 5. The summed E-state index contributed by atoms with van der Waals surface area (Å²) in [6.07, 6.45) is -2.92. The first-order chi connectivity index (χ1) is 10.3. The Morgan fingerprint density at radius 2 is 1.95 bits per heavy atom. The van der Waals surface area contributed by atoms with E-state index >= 15 is 0 Å². The number of benzene rings is 1. The summed E-state index contributed by atoms with van der Waals surface area (Å²) in [5.74, 6) is -1.68. The largest absolute Gasteiger partial charge is 0.455 e. The molecular formula is C14H13F3N2O3. The highest BCUT2D eigenvalue weighted by Crippen LogP contribution is 2.18. The molecule has 2 rings (SSSR count). The second kappa shape index (κ2) is 6.50. The molecule has 8 heteroatoms. The van der Waals surface area contributed by atoms with Gasteiger partial charge in [-0.1, -0.05) is 18.2 Å². The zero-order valence-corrected chi connectivity index (χ0v) is 11.4. The molecule has 0 aliphatic carbocycles. The summed E-state index contributed by atoms with van der Waals surface area (Å²) >= 11 is 0. The van der Waals surface area contributed by atoms with Crippen molar-refractivity contribution in [3.05, 3.63) is 36.0 Å². The van der Waals surface area contributed by atoms with Gasteiger partial charge in [0.1, 0.15) is 6.54 Å². The van der Waals surface area contributed by atoms with Crippen LogP contribution in [0.2, 0.25) is 0 Å². The third-order valence-corrected chi connectivity index (χ3v) is 2.86. The highest BCUT2D eigenvalue weighted by atomic mass is 19.4. The minimum atomic E-state index is -4.50. The van der Waals surface area contributed by atoms with Crippen molar-refractivity contribution in [2.24, 2.45) is 0 Å². The van der Waals surface area contributed by atoms with Crippen LogP contribution in [0, 0.1) is 0 Å². The van der Waals surface area contributed by atoms with Gasteiger partial charge >= 0.3 is 12.1 Å². The van der Waals surface area contributed by atoms with Gasteiger partial charge in [-0.25, -0.2) is 0 Å². The van der Waals surface area contributed by atoms with Crippen LogP contribution in [0.5, 0.6) is 0 Å². The van der Waals surface area contributed by atoms with E-state index in [1.165, 1.54) is 0 Å². The first-order valence-corrected chi connectivity index (χ1v) is 6.39. The predicted molar refractivity (Wildman–Crippen MR) is 72.0 cm³/mol. The van der Waals surface area contributed by atoms with Crippen LogP contribution in [0.25, 0.3) is 10.9 Å². The molecule has 0 fully saturated rings. The maximum Gasteiger partial charge on any atom is 0.405 e. The lowest BCUT2D eigenvalue weighted by atomic mass is 10.1. The Morgan fingerprint density at radius 3 is 2.68 bits per heavy atom. The Hall–Kier alpha value is -2.51. The van der Waals surface area contributed by atoms with Crippen LogP contribution < -0.4 is 5.32 Å². The molecule has 0 radical (unpaired) electrons. The molecule has 0 saturated carbocycles. The smallest absolute Gasteiger partial charge is 0.405 e. The van der Waals surface area contributed by atoms with E-state index in [1.807, 2.05) is 24.3 Å². The normalized spacial score (nSPS) is 11.4. The van der Waals surface area contributed by atoms with Crippen LogP contribution in [0.1, 0.15) is 5.56 Å². The van der Waals surface area contributed by atoms with E-state index in [0.717, 1.165) is 10.9 Å². The molecule has 1 amide bonds. The molecule has 0 aliphatic heterocycles. The van der Waals surface area contributed by atoms with E-state index < -0.39 is 31.2 Å². The minimum Gasteiger partial charge on any atom is -0.455 e. The molecule has 0 saturated heterocycles. The Balaban J connectivity index is 1.82. The summed E-state index contributed by atoms with van der Waals surface area (Å²) in [5.41, 5.74) is 1.55. The summed E-state index contributed by atoms with van der Waals surface area (Å²) in [6, 6.07) is 7.32. The first kappa shape index (κ1) is 15.9. The topological polar surface area (TPSA) is 71.2 Å². The standard InChI is InChI=1S/C14H13F3N2O3/c15-14(16,17)8-19-12(20)7-22-13(21)5-9-6-18-11-4-2-1-3-10(9)11/h1-4,6,18H,5,7-8H2,(H,19,20). The number of nitrogens with one attached hydrogen (secondary N) is 2. The monoisotopic (exact) mass is 314 g/mol. The van der Waals surface area contributed by atoms with E-state index in [9.17, 15) is 22.8 Å². The molecular weight excluding hydrogens is 301 g/mol. The van der Waals surface area contributed by atoms with Gasteiger partial charge < -0.3 is 15.0 Å². The van der Waals surface area contributed by atoms with Gasteiger partial charge in [0, 0.05) is 17.1 Å². The fraction of sp³-hybridized carbons (Fsp3) is 0.286. The molecule has 0 aliphatic rings. The van der Waals surface area contributed by atoms with Crippen molar-refractivity contribution in [1.82, 2.24) is 10.3 Å². The van der Waals surface area contributed by atoms with Crippen molar-refractivity contribution in [2.75, 3.05) is 13.2 Å². The SMILES string of the molecule is O=C(COC(=O)Cc1c[nH]c2ccccc12)NCC(F)(F)F. The zero-order valence-electron chi connectivity index (χ0n) is 11.4. The lowest BCUT2D eigenvalue weighted by Crippen LogP contribution is -2.36. The number of esters is 1. The minimum absolute atomic E-state index is 0.0729. The number of aromatic nitrogens is 1. The molecule has 22 heavy (non-hydrogen) atoms. The first-order valence-electron chi connectivity index (χ1n) is 6.39. The number of fused-ring (bicyclic) bond motifs is 1. The Bertz CT molecular complexity index is 679. The molecule has 2 N–H and O–H groups in total. The number of amides is 1. The molecule has 0 spiro atoms. The fourth-order valence-electron chi connectivity index (χ4n) is 1.88. The number of hydrogen-bond acceptors (Lipinski definition) is 3. The molecule has 1 heterocycles. The van der Waals surface area contributed by atoms with Crippen molar-refractivity contribution < 1.29 is 27.5 Å². The fourth-order valence-corrected chi connectivity index (χ4v) is 1.88. The number of alkyl halides is 3. The average molecular weight is 314 g/mol. The van der Waals surface area contributed by atoms with Crippen molar-refractivity contribution in [3.63, 3.8) is 0 Å². The molecule has 0 atom stereocenters. The Morgan fingerprint density at radius 1 is 1.23 bits per heavy atom. The van der Waals surface area contributed by atoms with E-state index in [4.69, 9.17) is 0 Å². The second-order valence-electron chi connectivity index (χ2n) is 4.59. The third-order valence-electron chi connectivity index (χ3n) is 2.86. The summed E-state index contributed by atoms with van der Waals surface area (Å²) in [5, 5.41) is 2.47. The maximum atomic E-state index is 11.9. The van der Waals surface area contributed by atoms with E-state index in [1.54, 1.807) is 11.5 Å². The number of hydrogen-bond donors (Lipinski definition) is 2. The molecule has 5 nitrogen and oxygen atoms in total. The molecule has 118 valence electrons. The number of ether oxygens (including phenoxy) is 1. The number of para-hydroxylation sites is 1. The number of carbonyl (C=O) groups is 2. The van der Waals surface area contributed by atoms with Crippen LogP contribution in [-0.4, -0.2) is 36.2 Å². The van der Waals surface area contributed by atoms with Gasteiger partial charge in [0.2, 0.25) is 0 Å². The van der Waals surface area contributed by atoms with Crippen LogP contribution in [-0.2, 0) is 20.7 Å². The van der Waals surface area contributed by atoms with Gasteiger partial charge in [0.15, 0.2) is 6.61 Å². The number of halogens is 3. The van der Waals surface area contributed by atoms with Gasteiger partial charge in [0.05, 0.1) is 6.42 Å². The summed E-state index contributed by atoms with van der Waals surface area (Å²) in [6.45, 7) is -2.19. The van der Waals surface area contributed by atoms with Crippen LogP contribution in [0.15, 0.2) is 30.5 Å². The Labute approximate surface area is 123 Å². The van der Waals surface area contributed by atoms with E-state index in [0.29, 0.717) is 5.56 Å². The molecule has 1 aromatic carbocycles. The van der Waals surface area contributed by atoms with Gasteiger partial charge in [-0.2, -0.15) is 13.2 Å². The van der Waals surface area contributed by atoms with E-state index in [-0.39, 0.29) is 6.42 Å². The van der Waals surface area contributed by atoms with Crippen LogP contribution in [0.4, 0.5) is 13.2 Å². The lowest BCUT2D eigenvalue weighted by Gasteiger charge is -2.08. The molecule has 0 bridgehead atoms. The summed E-state index contributed by atoms with van der Waals surface area (Å²) in [7, 11) is 0. The molecule has 0 unspecified atom stereocenters. The maximum absolute atomic E-state index is 11.9. The number of aromatic amines is 1. The van der Waals surface area contributed by atoms with Crippen LogP contribution >= 0.6 is 0 Å². The van der Waals surface area contributed by atoms with Gasteiger partial charge in [-0.15, -0.1) is 0 Å². The van der Waals surface area contributed by atoms with Crippen LogP contribution in [0.3, 0.4) is 0 Å². The predicted octanol–water partition coefficient (Wildman–Crippen LogP) is 1.93. The summed E-state index contributed by atoms with van der Waals surface area (Å²) < 4.78 is 40.3. The quantitative estimate of drug-likeness (QED) is 0.829. The highest BCUT2D eigenvalue weighted by Gasteiger charge is 2.27. The van der Waals surface area contributed by atoms with Crippen molar-refractivity contribution in [2.45, 2.75) is 12.6 Å². The summed E-state index contributed by atoms with van der Waals surface area (Å²) in [4.78, 5) is 25.7.